The second kappa shape index (κ2) is 4.39. The number of para-hydroxylation sites is 1. The molecular formula is C12H10ClNO. The molecule has 0 aliphatic carbocycles. The Hall–Kier alpha value is -1.43. The van der Waals surface area contributed by atoms with E-state index in [2.05, 4.69) is 11.2 Å². The quantitative estimate of drug-likeness (QED) is 0.635. The highest BCUT2D eigenvalue weighted by molar-refractivity contribution is 6.30. The van der Waals surface area contributed by atoms with Gasteiger partial charge in [-0.05, 0) is 17.7 Å². The van der Waals surface area contributed by atoms with Crippen LogP contribution in [0, 0.1) is 12.3 Å². The molecule has 0 amide bonds. The zero-order valence-electron chi connectivity index (χ0n) is 8.09. The van der Waals surface area contributed by atoms with Gasteiger partial charge in [0, 0.05) is 17.5 Å². The third-order valence-corrected chi connectivity index (χ3v) is 2.48. The average molecular weight is 220 g/mol. The number of halogens is 1. The SMILES string of the molecule is C#CCNCc1c(Cl)oc2ccccc12. The predicted molar refractivity (Wildman–Crippen MR) is 61.8 cm³/mol. The lowest BCUT2D eigenvalue weighted by Crippen LogP contribution is -2.12. The standard InChI is InChI=1S/C12H10ClNO/c1-2-7-14-8-10-9-5-3-4-6-11(9)15-12(10)13/h1,3-6,14H,7-8H2. The number of nitrogens with one attached hydrogen (secondary N) is 1. The highest BCUT2D eigenvalue weighted by Gasteiger charge is 2.10. The van der Waals surface area contributed by atoms with E-state index in [1.54, 1.807) is 0 Å². The van der Waals surface area contributed by atoms with Gasteiger partial charge >= 0.3 is 0 Å². The molecule has 0 aliphatic rings. The van der Waals surface area contributed by atoms with E-state index in [0.29, 0.717) is 18.3 Å². The van der Waals surface area contributed by atoms with Gasteiger partial charge in [0.2, 0.25) is 0 Å². The molecule has 3 heteroatoms. The van der Waals surface area contributed by atoms with Crippen LogP contribution in [-0.4, -0.2) is 6.54 Å². The van der Waals surface area contributed by atoms with Crippen molar-refractivity contribution in [3.63, 3.8) is 0 Å². The summed E-state index contributed by atoms with van der Waals surface area (Å²) in [5.74, 6) is 2.51. The maximum atomic E-state index is 5.99. The molecule has 0 spiro atoms. The van der Waals surface area contributed by atoms with Gasteiger partial charge in [-0.15, -0.1) is 6.42 Å². The maximum Gasteiger partial charge on any atom is 0.199 e. The van der Waals surface area contributed by atoms with Crippen molar-refractivity contribution in [3.8, 4) is 12.3 Å². The van der Waals surface area contributed by atoms with Crippen LogP contribution in [0.15, 0.2) is 28.7 Å². The minimum absolute atomic E-state index is 0.431. The van der Waals surface area contributed by atoms with Crippen molar-refractivity contribution in [2.24, 2.45) is 0 Å². The molecule has 0 atom stereocenters. The fourth-order valence-electron chi connectivity index (χ4n) is 1.49. The average Bonchev–Trinajstić information content (AvgIpc) is 2.56. The molecule has 76 valence electrons. The third kappa shape index (κ3) is 1.99. The van der Waals surface area contributed by atoms with Gasteiger partial charge in [0.25, 0.3) is 0 Å². The molecule has 0 unspecified atom stereocenters. The number of hydrogen-bond donors (Lipinski definition) is 1. The second-order valence-electron chi connectivity index (χ2n) is 3.16. The lowest BCUT2D eigenvalue weighted by atomic mass is 10.2. The summed E-state index contributed by atoms with van der Waals surface area (Å²) in [6, 6.07) is 7.75. The summed E-state index contributed by atoms with van der Waals surface area (Å²) >= 11 is 5.99. The van der Waals surface area contributed by atoms with Crippen LogP contribution in [0.3, 0.4) is 0 Å². The molecule has 0 saturated heterocycles. The molecule has 0 fully saturated rings. The van der Waals surface area contributed by atoms with E-state index < -0.39 is 0 Å². The molecule has 1 aromatic heterocycles. The van der Waals surface area contributed by atoms with Gasteiger partial charge < -0.3 is 9.73 Å². The highest BCUT2D eigenvalue weighted by Crippen LogP contribution is 2.29. The number of rotatable bonds is 3. The predicted octanol–water partition coefficient (Wildman–Crippen LogP) is 2.81. The Morgan fingerprint density at radius 3 is 3.00 bits per heavy atom. The normalized spacial score (nSPS) is 10.4. The second-order valence-corrected chi connectivity index (χ2v) is 3.50. The molecule has 2 aromatic rings. The summed E-state index contributed by atoms with van der Waals surface area (Å²) in [5.41, 5.74) is 1.77. The highest BCUT2D eigenvalue weighted by atomic mass is 35.5. The molecule has 2 nitrogen and oxygen atoms in total. The zero-order valence-corrected chi connectivity index (χ0v) is 8.84. The van der Waals surface area contributed by atoms with Crippen LogP contribution in [0.25, 0.3) is 11.0 Å². The Morgan fingerprint density at radius 1 is 1.40 bits per heavy atom. The van der Waals surface area contributed by atoms with Crippen molar-refractivity contribution in [3.05, 3.63) is 35.0 Å². The monoisotopic (exact) mass is 219 g/mol. The number of terminal acetylenes is 1. The van der Waals surface area contributed by atoms with Crippen molar-refractivity contribution < 1.29 is 4.42 Å². The van der Waals surface area contributed by atoms with Gasteiger partial charge in [-0.25, -0.2) is 0 Å². The molecule has 1 N–H and O–H groups in total. The first kappa shape index (κ1) is 10.1. The van der Waals surface area contributed by atoms with Crippen LogP contribution < -0.4 is 5.32 Å². The van der Waals surface area contributed by atoms with Crippen molar-refractivity contribution in [2.75, 3.05) is 6.54 Å². The lowest BCUT2D eigenvalue weighted by Gasteiger charge is -1.98. The fourth-order valence-corrected chi connectivity index (χ4v) is 1.75. The molecule has 1 aromatic carbocycles. The molecule has 0 radical (unpaired) electrons. The van der Waals surface area contributed by atoms with Crippen molar-refractivity contribution in [1.82, 2.24) is 5.32 Å². The topological polar surface area (TPSA) is 25.2 Å². The first-order valence-electron chi connectivity index (χ1n) is 4.63. The first-order chi connectivity index (χ1) is 7.33. The zero-order chi connectivity index (χ0) is 10.7. The number of benzene rings is 1. The van der Waals surface area contributed by atoms with Crippen LogP contribution in [0.5, 0.6) is 0 Å². The van der Waals surface area contributed by atoms with E-state index in [-0.39, 0.29) is 0 Å². The molecule has 2 rings (SSSR count). The van der Waals surface area contributed by atoms with Gasteiger partial charge in [0.05, 0.1) is 6.54 Å². The Bertz CT molecular complexity index is 510. The fraction of sp³-hybridized carbons (Fsp3) is 0.167. The summed E-state index contributed by atoms with van der Waals surface area (Å²) in [5, 5.41) is 4.56. The molecular weight excluding hydrogens is 210 g/mol. The van der Waals surface area contributed by atoms with Gasteiger partial charge in [0.1, 0.15) is 5.58 Å². The van der Waals surface area contributed by atoms with Crippen molar-refractivity contribution in [2.45, 2.75) is 6.54 Å². The molecule has 0 aliphatic heterocycles. The Labute approximate surface area is 93.2 Å². The van der Waals surface area contributed by atoms with E-state index in [1.165, 1.54) is 0 Å². The third-order valence-electron chi connectivity index (χ3n) is 2.18. The smallest absolute Gasteiger partial charge is 0.199 e. The lowest BCUT2D eigenvalue weighted by molar-refractivity contribution is 0.608. The van der Waals surface area contributed by atoms with Gasteiger partial charge in [-0.1, -0.05) is 24.1 Å². The largest absolute Gasteiger partial charge is 0.444 e. The molecule has 15 heavy (non-hydrogen) atoms. The van der Waals surface area contributed by atoms with E-state index in [0.717, 1.165) is 16.5 Å². The van der Waals surface area contributed by atoms with Crippen LogP contribution in [0.4, 0.5) is 0 Å². The van der Waals surface area contributed by atoms with Gasteiger partial charge in [0.15, 0.2) is 5.22 Å². The van der Waals surface area contributed by atoms with E-state index >= 15 is 0 Å². The summed E-state index contributed by atoms with van der Waals surface area (Å²) in [4.78, 5) is 0. The minimum atomic E-state index is 0.431. The van der Waals surface area contributed by atoms with Crippen LogP contribution >= 0.6 is 11.6 Å². The maximum absolute atomic E-state index is 5.99. The summed E-state index contributed by atoms with van der Waals surface area (Å²) in [6.07, 6.45) is 5.15. The van der Waals surface area contributed by atoms with E-state index in [4.69, 9.17) is 22.4 Å². The molecule has 1 heterocycles. The van der Waals surface area contributed by atoms with Crippen LogP contribution in [0.2, 0.25) is 5.22 Å². The van der Waals surface area contributed by atoms with E-state index in [9.17, 15) is 0 Å². The number of furan rings is 1. The van der Waals surface area contributed by atoms with E-state index in [1.807, 2.05) is 24.3 Å². The summed E-state index contributed by atoms with van der Waals surface area (Å²) in [7, 11) is 0. The number of fused-ring (bicyclic) bond motifs is 1. The van der Waals surface area contributed by atoms with Gasteiger partial charge in [-0.3, -0.25) is 0 Å². The number of hydrogen-bond acceptors (Lipinski definition) is 2. The van der Waals surface area contributed by atoms with Crippen LogP contribution in [0.1, 0.15) is 5.56 Å². The van der Waals surface area contributed by atoms with Crippen molar-refractivity contribution in [1.29, 1.82) is 0 Å². The Morgan fingerprint density at radius 2 is 2.20 bits per heavy atom. The Balaban J connectivity index is 2.33. The first-order valence-corrected chi connectivity index (χ1v) is 5.01. The summed E-state index contributed by atoms with van der Waals surface area (Å²) in [6.45, 7) is 1.15. The van der Waals surface area contributed by atoms with Gasteiger partial charge in [-0.2, -0.15) is 0 Å². The molecule has 0 saturated carbocycles. The molecule has 0 bridgehead atoms. The Kier molecular flexibility index (Phi) is 2.96. The minimum Gasteiger partial charge on any atom is -0.444 e. The summed E-state index contributed by atoms with van der Waals surface area (Å²) < 4.78 is 5.40. The van der Waals surface area contributed by atoms with Crippen molar-refractivity contribution >= 4 is 22.6 Å². The van der Waals surface area contributed by atoms with Crippen LogP contribution in [-0.2, 0) is 6.54 Å².